The number of carbonyl (C=O) groups excluding carboxylic acids is 3. The molecule has 4 aliphatic rings. The third-order valence-corrected chi connectivity index (χ3v) is 11.4. The van der Waals surface area contributed by atoms with Crippen LogP contribution in [0.3, 0.4) is 0 Å². The second-order valence-corrected chi connectivity index (χ2v) is 14.8. The van der Waals surface area contributed by atoms with Crippen LogP contribution in [0.4, 0.5) is 34.1 Å². The number of halogens is 4. The lowest BCUT2D eigenvalue weighted by Crippen LogP contribution is -2.55. The number of anilines is 2. The number of fused-ring (bicyclic) bond motifs is 1. The number of hydrogen-bond donors (Lipinski definition) is 3. The number of carbonyl (C=O) groups is 4. The minimum Gasteiger partial charge on any atom is -0.481 e. The molecule has 54 heavy (non-hydrogen) atoms. The van der Waals surface area contributed by atoms with Gasteiger partial charge in [-0.3, -0.25) is 14.5 Å². The molecule has 4 amide bonds. The van der Waals surface area contributed by atoms with Crippen LogP contribution in [0.2, 0.25) is 5.02 Å². The zero-order chi connectivity index (χ0) is 38.6. The van der Waals surface area contributed by atoms with Gasteiger partial charge in [-0.1, -0.05) is 29.8 Å². The average molecular weight is 778 g/mol. The molecule has 0 spiro atoms. The molecule has 1 atom stereocenters. The number of piperazine rings is 1. The zero-order valence-electron chi connectivity index (χ0n) is 30.0. The third kappa shape index (κ3) is 9.50. The van der Waals surface area contributed by atoms with Gasteiger partial charge in [0.25, 0.3) is 5.91 Å². The highest BCUT2D eigenvalue weighted by Gasteiger charge is 2.38. The fourth-order valence-corrected chi connectivity index (χ4v) is 8.22. The number of rotatable bonds is 9. The van der Waals surface area contributed by atoms with E-state index >= 15 is 0 Å². The molecular formula is C37H47ClF3N7O6. The Morgan fingerprint density at radius 1 is 0.926 bits per heavy atom. The van der Waals surface area contributed by atoms with Crippen molar-refractivity contribution in [2.45, 2.75) is 69.3 Å². The van der Waals surface area contributed by atoms with Crippen LogP contribution in [-0.2, 0) is 33.3 Å². The van der Waals surface area contributed by atoms with E-state index in [0.29, 0.717) is 58.3 Å². The summed E-state index contributed by atoms with van der Waals surface area (Å²) in [6, 6.07) is 9.65. The van der Waals surface area contributed by atoms with E-state index < -0.39 is 41.5 Å². The smallest absolute Gasteiger partial charge is 0.418 e. The van der Waals surface area contributed by atoms with E-state index in [2.05, 4.69) is 15.1 Å². The Morgan fingerprint density at radius 2 is 1.57 bits per heavy atom. The summed E-state index contributed by atoms with van der Waals surface area (Å²) in [5.74, 6) is -1.33. The highest BCUT2D eigenvalue weighted by Crippen LogP contribution is 2.38. The number of urea groups is 1. The van der Waals surface area contributed by atoms with Crippen LogP contribution in [0.5, 0.6) is 0 Å². The summed E-state index contributed by atoms with van der Waals surface area (Å²) in [7, 11) is 0. The molecule has 17 heteroatoms. The fraction of sp³-hybridized carbons (Fsp3) is 0.568. The molecule has 0 aromatic heterocycles. The minimum absolute atomic E-state index is 0.0511. The van der Waals surface area contributed by atoms with Gasteiger partial charge in [0.1, 0.15) is 0 Å². The lowest BCUT2D eigenvalue weighted by atomic mass is 9.99. The maximum atomic E-state index is 14.1. The van der Waals surface area contributed by atoms with Crippen molar-refractivity contribution < 1.29 is 42.2 Å². The van der Waals surface area contributed by atoms with E-state index in [0.717, 1.165) is 43.5 Å². The normalized spacial score (nSPS) is 20.2. The molecule has 3 saturated heterocycles. The van der Waals surface area contributed by atoms with Gasteiger partial charge in [0.05, 0.1) is 22.7 Å². The topological polar surface area (TPSA) is 152 Å². The Morgan fingerprint density at radius 3 is 2.24 bits per heavy atom. The molecule has 4 heterocycles. The molecule has 0 unspecified atom stereocenters. The van der Waals surface area contributed by atoms with Gasteiger partial charge in [-0.15, -0.1) is 0 Å². The number of hydrogen-bond acceptors (Lipinski definition) is 8. The number of carboxylic acid groups (broad SMARTS) is 1. The number of nitrogens with one attached hydrogen (secondary N) is 1. The van der Waals surface area contributed by atoms with Gasteiger partial charge < -0.3 is 40.5 Å². The highest BCUT2D eigenvalue weighted by molar-refractivity contribution is 6.33. The van der Waals surface area contributed by atoms with E-state index in [1.54, 1.807) is 9.80 Å². The minimum atomic E-state index is -4.79. The fourth-order valence-electron chi connectivity index (χ4n) is 7.98. The van der Waals surface area contributed by atoms with Gasteiger partial charge in [-0.05, 0) is 61.4 Å². The molecule has 13 nitrogen and oxygen atoms in total. The van der Waals surface area contributed by atoms with Crippen LogP contribution in [0.1, 0.15) is 48.8 Å². The molecule has 4 N–H and O–H groups in total. The number of amides is 4. The standard InChI is InChI=1S/C37H47ClF3N7O6/c38-29-22-24(21-28(33(29)42)37(39,40)41)23-31(34(51)46-12-6-26(7-13-46)45-19-17-44(18-20-45)11-10-32(49)50)54-36(53)47-14-8-27(9-15-47)48-16-5-25-3-1-2-4-30(25)43-35(48)52/h1-4,21-22,26-27,31H,5-20,23,42H2,(H,43,52)(H,49,50)/t31-/m1/s1. The van der Waals surface area contributed by atoms with E-state index in [4.69, 9.17) is 27.2 Å². The second kappa shape index (κ2) is 17.0. The number of nitrogens with zero attached hydrogens (tertiary/aromatic N) is 5. The molecule has 0 saturated carbocycles. The average Bonchev–Trinajstić information content (AvgIpc) is 3.32. The van der Waals surface area contributed by atoms with Crippen molar-refractivity contribution in [3.8, 4) is 0 Å². The van der Waals surface area contributed by atoms with Crippen molar-refractivity contribution in [3.63, 3.8) is 0 Å². The van der Waals surface area contributed by atoms with Gasteiger partial charge in [0.15, 0.2) is 6.10 Å². The summed E-state index contributed by atoms with van der Waals surface area (Å²) in [4.78, 5) is 61.1. The van der Waals surface area contributed by atoms with Crippen molar-refractivity contribution in [2.24, 2.45) is 0 Å². The maximum absolute atomic E-state index is 14.1. The predicted molar refractivity (Wildman–Crippen MR) is 195 cm³/mol. The Balaban J connectivity index is 1.09. The number of likely N-dealkylation sites (tertiary alicyclic amines) is 2. The third-order valence-electron chi connectivity index (χ3n) is 11.1. The first kappa shape index (κ1) is 39.4. The molecular weight excluding hydrogens is 731 g/mol. The number of carboxylic acids is 1. The summed E-state index contributed by atoms with van der Waals surface area (Å²) >= 11 is 6.12. The molecule has 294 valence electrons. The Kier molecular flexibility index (Phi) is 12.4. The molecule has 0 radical (unpaired) electrons. The van der Waals surface area contributed by atoms with Gasteiger partial charge in [-0.2, -0.15) is 13.2 Å². The van der Waals surface area contributed by atoms with Crippen molar-refractivity contribution in [3.05, 3.63) is 58.1 Å². The first-order chi connectivity index (χ1) is 25.8. The first-order valence-electron chi connectivity index (χ1n) is 18.5. The summed E-state index contributed by atoms with van der Waals surface area (Å²) in [5.41, 5.74) is 5.79. The van der Waals surface area contributed by atoms with E-state index in [-0.39, 0.29) is 54.6 Å². The number of alkyl halides is 3. The number of ether oxygens (including phenoxy) is 1. The van der Waals surface area contributed by atoms with Crippen LogP contribution >= 0.6 is 11.6 Å². The summed E-state index contributed by atoms with van der Waals surface area (Å²) < 4.78 is 47.4. The first-order valence-corrected chi connectivity index (χ1v) is 18.9. The number of aliphatic carboxylic acids is 1. The number of nitrogens with two attached hydrogens (primary N) is 1. The molecule has 6 rings (SSSR count). The van der Waals surface area contributed by atoms with E-state index in [1.807, 2.05) is 24.3 Å². The van der Waals surface area contributed by atoms with E-state index in [1.165, 1.54) is 11.0 Å². The van der Waals surface area contributed by atoms with Gasteiger partial charge in [0.2, 0.25) is 0 Å². The molecule has 4 aliphatic heterocycles. The largest absolute Gasteiger partial charge is 0.481 e. The molecule has 0 aliphatic carbocycles. The quantitative estimate of drug-likeness (QED) is 0.310. The number of para-hydroxylation sites is 1. The zero-order valence-corrected chi connectivity index (χ0v) is 30.8. The summed E-state index contributed by atoms with van der Waals surface area (Å²) in [6.07, 6.45) is -4.22. The highest BCUT2D eigenvalue weighted by atomic mass is 35.5. The van der Waals surface area contributed by atoms with Crippen LogP contribution in [0.25, 0.3) is 0 Å². The molecule has 2 aromatic rings. The number of nitrogen functional groups attached to an aromatic ring is 1. The molecule has 3 fully saturated rings. The second-order valence-electron chi connectivity index (χ2n) is 14.4. The van der Waals surface area contributed by atoms with Crippen molar-refractivity contribution in [1.82, 2.24) is 24.5 Å². The van der Waals surface area contributed by atoms with Crippen LogP contribution in [-0.4, -0.2) is 137 Å². The van der Waals surface area contributed by atoms with Crippen molar-refractivity contribution >= 4 is 47.0 Å². The van der Waals surface area contributed by atoms with Crippen LogP contribution < -0.4 is 11.1 Å². The van der Waals surface area contributed by atoms with E-state index in [9.17, 15) is 32.3 Å². The monoisotopic (exact) mass is 777 g/mol. The lowest BCUT2D eigenvalue weighted by molar-refractivity contribution is -0.143. The van der Waals surface area contributed by atoms with Crippen LogP contribution in [0, 0.1) is 0 Å². The van der Waals surface area contributed by atoms with Gasteiger partial charge >= 0.3 is 24.3 Å². The SMILES string of the molecule is Nc1c(Cl)cc(C[C@@H](OC(=O)N2CCC(N3CCc4ccccc4NC3=O)CC2)C(=O)N2CCC(N3CCN(CCC(=O)O)CC3)CC2)cc1C(F)(F)F. The Hall–Kier alpha value is -4.28. The summed E-state index contributed by atoms with van der Waals surface area (Å²) in [6.45, 7) is 5.39. The molecule has 0 bridgehead atoms. The predicted octanol–water partition coefficient (Wildman–Crippen LogP) is 4.63. The maximum Gasteiger partial charge on any atom is 0.418 e. The summed E-state index contributed by atoms with van der Waals surface area (Å²) in [5, 5.41) is 11.7. The van der Waals surface area contributed by atoms with Gasteiger partial charge in [0, 0.05) is 89.6 Å². The number of benzene rings is 2. The van der Waals surface area contributed by atoms with Crippen molar-refractivity contribution in [1.29, 1.82) is 0 Å². The van der Waals surface area contributed by atoms with Crippen LogP contribution in [0.15, 0.2) is 36.4 Å². The van der Waals surface area contributed by atoms with Crippen molar-refractivity contribution in [2.75, 3.05) is 76.5 Å². The van der Waals surface area contributed by atoms with Gasteiger partial charge in [-0.25, -0.2) is 9.59 Å². The lowest BCUT2D eigenvalue weighted by Gasteiger charge is -2.43. The Labute approximate surface area is 317 Å². The Bertz CT molecular complexity index is 1690. The number of piperidine rings is 2. The molecule has 2 aromatic carbocycles.